The molecule has 0 aliphatic carbocycles. The average molecular weight is 311 g/mol. The SMILES string of the molecule is CC(N)c1ccc(Br)cc1N(C)CC(F)(F)F. The van der Waals surface area contributed by atoms with E-state index in [-0.39, 0.29) is 6.04 Å². The molecule has 0 aromatic heterocycles. The average Bonchev–Trinajstić information content (AvgIpc) is 2.14. The molecule has 1 aromatic carbocycles. The maximum absolute atomic E-state index is 12.3. The molecule has 0 aliphatic rings. The second-order valence-electron chi connectivity index (χ2n) is 3.96. The van der Waals surface area contributed by atoms with Crippen LogP contribution in [0.4, 0.5) is 18.9 Å². The summed E-state index contributed by atoms with van der Waals surface area (Å²) in [6, 6.07) is 4.83. The van der Waals surface area contributed by atoms with E-state index >= 15 is 0 Å². The Morgan fingerprint density at radius 1 is 1.41 bits per heavy atom. The van der Waals surface area contributed by atoms with E-state index in [1.54, 1.807) is 25.1 Å². The number of benzene rings is 1. The van der Waals surface area contributed by atoms with Crippen molar-refractivity contribution >= 4 is 21.6 Å². The molecule has 96 valence electrons. The van der Waals surface area contributed by atoms with E-state index in [0.29, 0.717) is 11.3 Å². The molecule has 0 aliphatic heterocycles. The Morgan fingerprint density at radius 2 is 2.00 bits per heavy atom. The van der Waals surface area contributed by atoms with Gasteiger partial charge in [0, 0.05) is 23.2 Å². The fourth-order valence-corrected chi connectivity index (χ4v) is 1.94. The van der Waals surface area contributed by atoms with Crippen LogP contribution in [-0.2, 0) is 0 Å². The fourth-order valence-electron chi connectivity index (χ4n) is 1.59. The van der Waals surface area contributed by atoms with E-state index in [9.17, 15) is 13.2 Å². The van der Waals surface area contributed by atoms with E-state index in [4.69, 9.17) is 5.73 Å². The van der Waals surface area contributed by atoms with Gasteiger partial charge in [-0.1, -0.05) is 22.0 Å². The highest BCUT2D eigenvalue weighted by atomic mass is 79.9. The first kappa shape index (κ1) is 14.3. The number of rotatable bonds is 3. The van der Waals surface area contributed by atoms with Gasteiger partial charge in [0.2, 0.25) is 0 Å². The Hall–Kier alpha value is -0.750. The number of alkyl halides is 3. The summed E-state index contributed by atoms with van der Waals surface area (Å²) in [5.41, 5.74) is 6.93. The van der Waals surface area contributed by atoms with Crippen LogP contribution in [0.15, 0.2) is 22.7 Å². The fraction of sp³-hybridized carbons (Fsp3) is 0.455. The van der Waals surface area contributed by atoms with Crippen LogP contribution in [0.1, 0.15) is 18.5 Å². The van der Waals surface area contributed by atoms with Gasteiger partial charge < -0.3 is 10.6 Å². The summed E-state index contributed by atoms with van der Waals surface area (Å²) in [7, 11) is 1.40. The van der Waals surface area contributed by atoms with Crippen LogP contribution in [-0.4, -0.2) is 19.8 Å². The first-order chi connectivity index (χ1) is 7.70. The van der Waals surface area contributed by atoms with Crippen LogP contribution in [0.2, 0.25) is 0 Å². The molecular weight excluding hydrogens is 297 g/mol. The van der Waals surface area contributed by atoms with Crippen LogP contribution >= 0.6 is 15.9 Å². The van der Waals surface area contributed by atoms with E-state index < -0.39 is 12.7 Å². The van der Waals surface area contributed by atoms with Crippen molar-refractivity contribution in [3.8, 4) is 0 Å². The van der Waals surface area contributed by atoms with Crippen LogP contribution < -0.4 is 10.6 Å². The van der Waals surface area contributed by atoms with Gasteiger partial charge in [0.05, 0.1) is 0 Å². The molecule has 17 heavy (non-hydrogen) atoms. The number of anilines is 1. The van der Waals surface area contributed by atoms with Crippen molar-refractivity contribution in [1.29, 1.82) is 0 Å². The number of nitrogens with two attached hydrogens (primary N) is 1. The van der Waals surface area contributed by atoms with Crippen molar-refractivity contribution < 1.29 is 13.2 Å². The molecule has 2 N–H and O–H groups in total. The number of hydrogen-bond acceptors (Lipinski definition) is 2. The number of halogens is 4. The normalized spacial score (nSPS) is 13.6. The Kier molecular flexibility index (Phi) is 4.43. The van der Waals surface area contributed by atoms with Gasteiger partial charge in [-0.15, -0.1) is 0 Å². The van der Waals surface area contributed by atoms with E-state index in [1.807, 2.05) is 0 Å². The quantitative estimate of drug-likeness (QED) is 0.926. The molecule has 1 aromatic rings. The minimum atomic E-state index is -4.23. The maximum atomic E-state index is 12.3. The van der Waals surface area contributed by atoms with Crippen molar-refractivity contribution in [3.05, 3.63) is 28.2 Å². The molecule has 1 unspecified atom stereocenters. The van der Waals surface area contributed by atoms with Gasteiger partial charge in [0.1, 0.15) is 6.54 Å². The van der Waals surface area contributed by atoms with Gasteiger partial charge in [0.15, 0.2) is 0 Å². The molecule has 0 fully saturated rings. The Balaban J connectivity index is 3.06. The van der Waals surface area contributed by atoms with Crippen molar-refractivity contribution in [3.63, 3.8) is 0 Å². The lowest BCUT2D eigenvalue weighted by Gasteiger charge is -2.25. The molecule has 0 amide bonds. The summed E-state index contributed by atoms with van der Waals surface area (Å²) in [4.78, 5) is 1.16. The highest BCUT2D eigenvalue weighted by Gasteiger charge is 2.30. The molecule has 0 saturated heterocycles. The highest BCUT2D eigenvalue weighted by molar-refractivity contribution is 9.10. The smallest absolute Gasteiger partial charge is 0.365 e. The monoisotopic (exact) mass is 310 g/mol. The largest absolute Gasteiger partial charge is 0.405 e. The molecule has 1 atom stereocenters. The summed E-state index contributed by atoms with van der Waals surface area (Å²) in [5.74, 6) is 0. The summed E-state index contributed by atoms with van der Waals surface area (Å²) < 4.78 is 37.7. The molecular formula is C11H14BrF3N2. The Labute approximate surface area is 107 Å². The van der Waals surface area contributed by atoms with Gasteiger partial charge >= 0.3 is 6.18 Å². The number of hydrogen-bond donors (Lipinski definition) is 1. The summed E-state index contributed by atoms with van der Waals surface area (Å²) in [5, 5.41) is 0. The lowest BCUT2D eigenvalue weighted by molar-refractivity contribution is -0.119. The van der Waals surface area contributed by atoms with Crippen molar-refractivity contribution in [1.82, 2.24) is 0 Å². The Bertz CT molecular complexity index is 391. The molecule has 0 radical (unpaired) electrons. The predicted molar refractivity (Wildman–Crippen MR) is 66.1 cm³/mol. The van der Waals surface area contributed by atoms with E-state index in [1.165, 1.54) is 7.05 Å². The summed E-state index contributed by atoms with van der Waals surface area (Å²) in [6.07, 6.45) is -4.23. The zero-order valence-corrected chi connectivity index (χ0v) is 11.1. The van der Waals surface area contributed by atoms with Gasteiger partial charge in [-0.05, 0) is 24.6 Å². The third-order valence-electron chi connectivity index (χ3n) is 2.31. The van der Waals surface area contributed by atoms with Crippen LogP contribution in [0, 0.1) is 0 Å². The first-order valence-corrected chi connectivity index (χ1v) is 5.83. The molecule has 0 spiro atoms. The minimum Gasteiger partial charge on any atom is -0.365 e. The van der Waals surface area contributed by atoms with Crippen LogP contribution in [0.5, 0.6) is 0 Å². The Morgan fingerprint density at radius 3 is 2.47 bits per heavy atom. The number of nitrogens with zero attached hydrogens (tertiary/aromatic N) is 1. The van der Waals surface area contributed by atoms with Crippen LogP contribution in [0.3, 0.4) is 0 Å². The van der Waals surface area contributed by atoms with Gasteiger partial charge in [0.25, 0.3) is 0 Å². The first-order valence-electron chi connectivity index (χ1n) is 5.03. The molecule has 0 heterocycles. The minimum absolute atomic E-state index is 0.311. The predicted octanol–water partition coefficient (Wildman–Crippen LogP) is 3.47. The molecule has 1 rings (SSSR count). The van der Waals surface area contributed by atoms with Crippen molar-refractivity contribution in [2.24, 2.45) is 5.73 Å². The topological polar surface area (TPSA) is 29.3 Å². The molecule has 2 nitrogen and oxygen atoms in total. The standard InChI is InChI=1S/C11H14BrF3N2/c1-7(16)9-4-3-8(12)5-10(9)17(2)6-11(13,14)15/h3-5,7H,6,16H2,1-2H3. The zero-order valence-electron chi connectivity index (χ0n) is 9.55. The maximum Gasteiger partial charge on any atom is 0.405 e. The van der Waals surface area contributed by atoms with Crippen LogP contribution in [0.25, 0.3) is 0 Å². The lowest BCUT2D eigenvalue weighted by atomic mass is 10.1. The zero-order chi connectivity index (χ0) is 13.2. The van der Waals surface area contributed by atoms with E-state index in [2.05, 4.69) is 15.9 Å². The molecule has 6 heteroatoms. The molecule has 0 bridgehead atoms. The molecule has 0 saturated carbocycles. The van der Waals surface area contributed by atoms with Gasteiger partial charge in [-0.25, -0.2) is 0 Å². The lowest BCUT2D eigenvalue weighted by Crippen LogP contribution is -2.32. The second-order valence-corrected chi connectivity index (χ2v) is 4.88. The van der Waals surface area contributed by atoms with E-state index in [0.717, 1.165) is 9.37 Å². The van der Waals surface area contributed by atoms with Gasteiger partial charge in [-0.2, -0.15) is 13.2 Å². The third-order valence-corrected chi connectivity index (χ3v) is 2.80. The second kappa shape index (κ2) is 5.27. The van der Waals surface area contributed by atoms with Crippen molar-refractivity contribution in [2.75, 3.05) is 18.5 Å². The van der Waals surface area contributed by atoms with Gasteiger partial charge in [-0.3, -0.25) is 0 Å². The highest BCUT2D eigenvalue weighted by Crippen LogP contribution is 2.30. The summed E-state index contributed by atoms with van der Waals surface area (Å²) in [6.45, 7) is 0.747. The summed E-state index contributed by atoms with van der Waals surface area (Å²) >= 11 is 3.24. The van der Waals surface area contributed by atoms with Crippen molar-refractivity contribution in [2.45, 2.75) is 19.1 Å². The third kappa shape index (κ3) is 4.20.